The molecule has 3 aliphatic rings. The van der Waals surface area contributed by atoms with Crippen molar-refractivity contribution in [2.75, 3.05) is 19.7 Å². The molecule has 134 valence electrons. The Morgan fingerprint density at radius 1 is 1.36 bits per heavy atom. The maximum atomic E-state index is 12.5. The number of rotatable bonds is 5. The highest BCUT2D eigenvalue weighted by molar-refractivity contribution is 5.86. The van der Waals surface area contributed by atoms with Gasteiger partial charge in [-0.2, -0.15) is 0 Å². The van der Waals surface area contributed by atoms with E-state index in [0.717, 1.165) is 24.2 Å². The lowest BCUT2D eigenvalue weighted by Crippen LogP contribution is -2.45. The zero-order valence-electron chi connectivity index (χ0n) is 14.2. The Kier molecular flexibility index (Phi) is 4.37. The quantitative estimate of drug-likeness (QED) is 0.840. The van der Waals surface area contributed by atoms with Gasteiger partial charge in [0.15, 0.2) is 0 Å². The lowest BCUT2D eigenvalue weighted by molar-refractivity contribution is -0.133. The third-order valence-corrected chi connectivity index (χ3v) is 5.52. The molecule has 2 aliphatic heterocycles. The van der Waals surface area contributed by atoms with E-state index in [2.05, 4.69) is 11.4 Å². The molecule has 1 aliphatic carbocycles. The lowest BCUT2D eigenvalue weighted by atomic mass is 9.75. The molecule has 6 nitrogen and oxygen atoms in total. The van der Waals surface area contributed by atoms with Crippen LogP contribution in [0, 0.1) is 5.92 Å². The van der Waals surface area contributed by atoms with Gasteiger partial charge in [0, 0.05) is 19.4 Å². The van der Waals surface area contributed by atoms with E-state index in [9.17, 15) is 14.7 Å². The summed E-state index contributed by atoms with van der Waals surface area (Å²) in [5.41, 5.74) is 2.23. The van der Waals surface area contributed by atoms with E-state index in [1.54, 1.807) is 4.90 Å². The first-order valence-corrected chi connectivity index (χ1v) is 9.11. The van der Waals surface area contributed by atoms with Crippen LogP contribution in [0.5, 0.6) is 5.75 Å². The number of carbonyl (C=O) groups is 2. The standard InChI is InChI=1S/C19H24N2O4/c22-15-9-14(10-15)19(13-3-4-16-12(8-13)5-7-25-16)20-17(23)11-21-6-1-2-18(21)24/h3-4,8,14-15,19,22H,1-2,5-7,9-11H2,(H,20,23)/t14?,15?,19-/m1/s1. The van der Waals surface area contributed by atoms with Crippen molar-refractivity contribution in [1.29, 1.82) is 0 Å². The van der Waals surface area contributed by atoms with Gasteiger partial charge in [-0.25, -0.2) is 0 Å². The SMILES string of the molecule is O=C(CN1CCCC1=O)N[C@H](c1ccc2c(c1)CCO2)C1CC(O)C1. The van der Waals surface area contributed by atoms with E-state index in [-0.39, 0.29) is 36.4 Å². The van der Waals surface area contributed by atoms with Crippen LogP contribution in [-0.2, 0) is 16.0 Å². The summed E-state index contributed by atoms with van der Waals surface area (Å²) < 4.78 is 5.56. The van der Waals surface area contributed by atoms with Crippen LogP contribution in [0.2, 0.25) is 0 Å². The molecular weight excluding hydrogens is 320 g/mol. The summed E-state index contributed by atoms with van der Waals surface area (Å²) in [6.45, 7) is 1.49. The Morgan fingerprint density at radius 2 is 2.20 bits per heavy atom. The van der Waals surface area contributed by atoms with E-state index in [0.29, 0.717) is 32.4 Å². The maximum Gasteiger partial charge on any atom is 0.240 e. The Bertz CT molecular complexity index is 684. The van der Waals surface area contributed by atoms with Gasteiger partial charge >= 0.3 is 0 Å². The summed E-state index contributed by atoms with van der Waals surface area (Å²) in [5.74, 6) is 1.08. The van der Waals surface area contributed by atoms with E-state index in [1.807, 2.05) is 12.1 Å². The normalized spacial score (nSPS) is 26.0. The number of nitrogens with one attached hydrogen (secondary N) is 1. The molecule has 6 heteroatoms. The van der Waals surface area contributed by atoms with Crippen LogP contribution in [-0.4, -0.2) is 47.6 Å². The molecule has 1 saturated carbocycles. The molecule has 1 aromatic rings. The van der Waals surface area contributed by atoms with Crippen molar-refractivity contribution in [2.45, 2.75) is 44.2 Å². The van der Waals surface area contributed by atoms with Crippen molar-refractivity contribution in [3.05, 3.63) is 29.3 Å². The maximum absolute atomic E-state index is 12.5. The predicted molar refractivity (Wildman–Crippen MR) is 91.1 cm³/mol. The topological polar surface area (TPSA) is 78.9 Å². The lowest BCUT2D eigenvalue weighted by Gasteiger charge is -2.38. The molecule has 0 aromatic heterocycles. The number of likely N-dealkylation sites (tertiary alicyclic amines) is 1. The largest absolute Gasteiger partial charge is 0.493 e. The number of amides is 2. The Balaban J connectivity index is 1.48. The van der Waals surface area contributed by atoms with Crippen molar-refractivity contribution in [2.24, 2.45) is 5.92 Å². The molecule has 1 saturated heterocycles. The van der Waals surface area contributed by atoms with Crippen LogP contribution in [0.1, 0.15) is 42.9 Å². The number of aliphatic hydroxyl groups is 1. The van der Waals surface area contributed by atoms with Gasteiger partial charge in [-0.1, -0.05) is 6.07 Å². The number of aliphatic hydroxyl groups excluding tert-OH is 1. The number of benzene rings is 1. The van der Waals surface area contributed by atoms with Crippen molar-refractivity contribution in [3.63, 3.8) is 0 Å². The third kappa shape index (κ3) is 3.35. The average Bonchev–Trinajstić information content (AvgIpc) is 3.18. The van der Waals surface area contributed by atoms with Crippen LogP contribution in [0.15, 0.2) is 18.2 Å². The monoisotopic (exact) mass is 344 g/mol. The van der Waals surface area contributed by atoms with Crippen LogP contribution in [0.25, 0.3) is 0 Å². The number of nitrogens with zero attached hydrogens (tertiary/aromatic N) is 1. The molecule has 25 heavy (non-hydrogen) atoms. The van der Waals surface area contributed by atoms with Crippen LogP contribution >= 0.6 is 0 Å². The van der Waals surface area contributed by atoms with Crippen molar-refractivity contribution >= 4 is 11.8 Å². The second-order valence-corrected chi connectivity index (χ2v) is 7.31. The Labute approximate surface area is 147 Å². The minimum absolute atomic E-state index is 0.0560. The Hall–Kier alpha value is -2.08. The molecular formula is C19H24N2O4. The number of fused-ring (bicyclic) bond motifs is 1. The molecule has 0 bridgehead atoms. The summed E-state index contributed by atoms with van der Waals surface area (Å²) in [6, 6.07) is 5.95. The smallest absolute Gasteiger partial charge is 0.240 e. The number of carbonyl (C=O) groups excluding carboxylic acids is 2. The molecule has 0 unspecified atom stereocenters. The summed E-state index contributed by atoms with van der Waals surface area (Å²) in [6.07, 6.45) is 3.37. The van der Waals surface area contributed by atoms with Gasteiger partial charge in [0.05, 0.1) is 25.3 Å². The van der Waals surface area contributed by atoms with E-state index >= 15 is 0 Å². The predicted octanol–water partition coefficient (Wildman–Crippen LogP) is 1.17. The van der Waals surface area contributed by atoms with Gasteiger partial charge in [0.2, 0.25) is 11.8 Å². The first kappa shape index (κ1) is 16.4. The highest BCUT2D eigenvalue weighted by atomic mass is 16.5. The van der Waals surface area contributed by atoms with Gasteiger partial charge in [0.1, 0.15) is 5.75 Å². The molecule has 0 radical (unpaired) electrons. The van der Waals surface area contributed by atoms with E-state index in [1.165, 1.54) is 5.56 Å². The fourth-order valence-electron chi connectivity index (χ4n) is 4.04. The molecule has 2 heterocycles. The second-order valence-electron chi connectivity index (χ2n) is 7.31. The average molecular weight is 344 g/mol. The van der Waals surface area contributed by atoms with Crippen molar-refractivity contribution in [1.82, 2.24) is 10.2 Å². The first-order chi connectivity index (χ1) is 12.1. The van der Waals surface area contributed by atoms with Gasteiger partial charge in [-0.05, 0) is 48.4 Å². The molecule has 4 rings (SSSR count). The second kappa shape index (κ2) is 6.67. The van der Waals surface area contributed by atoms with Crippen LogP contribution in [0.3, 0.4) is 0 Å². The zero-order chi connectivity index (χ0) is 17.4. The number of ether oxygens (including phenoxy) is 1. The van der Waals surface area contributed by atoms with E-state index in [4.69, 9.17) is 4.74 Å². The van der Waals surface area contributed by atoms with E-state index < -0.39 is 0 Å². The van der Waals surface area contributed by atoms with Crippen molar-refractivity contribution in [3.8, 4) is 5.75 Å². The number of hydrogen-bond acceptors (Lipinski definition) is 4. The summed E-state index contributed by atoms with van der Waals surface area (Å²) in [7, 11) is 0. The van der Waals surface area contributed by atoms with Gasteiger partial charge < -0.3 is 20.1 Å². The first-order valence-electron chi connectivity index (χ1n) is 9.11. The highest BCUT2D eigenvalue weighted by Gasteiger charge is 2.36. The third-order valence-electron chi connectivity index (χ3n) is 5.52. The minimum Gasteiger partial charge on any atom is -0.493 e. The Morgan fingerprint density at radius 3 is 2.92 bits per heavy atom. The van der Waals surface area contributed by atoms with Crippen molar-refractivity contribution < 1.29 is 19.4 Å². The molecule has 2 fully saturated rings. The zero-order valence-corrected chi connectivity index (χ0v) is 14.2. The van der Waals surface area contributed by atoms with Crippen LogP contribution < -0.4 is 10.1 Å². The fourth-order valence-corrected chi connectivity index (χ4v) is 4.04. The summed E-state index contributed by atoms with van der Waals surface area (Å²) in [4.78, 5) is 25.9. The fraction of sp³-hybridized carbons (Fsp3) is 0.579. The van der Waals surface area contributed by atoms with Crippen LogP contribution in [0.4, 0.5) is 0 Å². The van der Waals surface area contributed by atoms with Gasteiger partial charge in [0.25, 0.3) is 0 Å². The highest BCUT2D eigenvalue weighted by Crippen LogP contribution is 2.39. The van der Waals surface area contributed by atoms with Gasteiger partial charge in [-0.15, -0.1) is 0 Å². The molecule has 2 N–H and O–H groups in total. The number of hydrogen-bond donors (Lipinski definition) is 2. The minimum atomic E-state index is -0.276. The van der Waals surface area contributed by atoms with Gasteiger partial charge in [-0.3, -0.25) is 9.59 Å². The molecule has 2 amide bonds. The molecule has 1 aromatic carbocycles. The summed E-state index contributed by atoms with van der Waals surface area (Å²) >= 11 is 0. The summed E-state index contributed by atoms with van der Waals surface area (Å²) in [5, 5.41) is 12.8. The molecule has 0 spiro atoms. The molecule has 1 atom stereocenters.